The number of nitrogens with zero attached hydrogens (tertiary/aromatic N) is 1. The molecule has 1 aromatic rings. The highest BCUT2D eigenvalue weighted by atomic mass is 19.1. The molecule has 0 bridgehead atoms. The topological polar surface area (TPSA) is 33.1 Å². The molecule has 1 aromatic heterocycles. The number of hydrogen-bond acceptors (Lipinski definition) is 2. The molecule has 0 spiro atoms. The third-order valence-electron chi connectivity index (χ3n) is 4.44. The summed E-state index contributed by atoms with van der Waals surface area (Å²) in [4.78, 5) is 3.85. The Labute approximate surface area is 108 Å². The second kappa shape index (κ2) is 5.35. The van der Waals surface area contributed by atoms with Crippen molar-refractivity contribution in [3.05, 3.63) is 29.8 Å². The summed E-state index contributed by atoms with van der Waals surface area (Å²) in [5, 5.41) is 10.7. The molecule has 0 aliphatic heterocycles. The number of aliphatic hydroxyl groups is 1. The highest BCUT2D eigenvalue weighted by molar-refractivity contribution is 5.19. The van der Waals surface area contributed by atoms with Crippen LogP contribution in [0, 0.1) is 17.7 Å². The van der Waals surface area contributed by atoms with Crippen LogP contribution in [-0.2, 0) is 5.60 Å². The Morgan fingerprint density at radius 2 is 2.22 bits per heavy atom. The summed E-state index contributed by atoms with van der Waals surface area (Å²) < 4.78 is 13.2. The highest BCUT2D eigenvalue weighted by Gasteiger charge is 2.37. The highest BCUT2D eigenvalue weighted by Crippen LogP contribution is 2.41. The van der Waals surface area contributed by atoms with E-state index in [1.165, 1.54) is 18.7 Å². The average molecular weight is 251 g/mol. The first-order valence-electron chi connectivity index (χ1n) is 6.87. The van der Waals surface area contributed by atoms with Gasteiger partial charge in [-0.1, -0.05) is 26.2 Å². The molecule has 3 atom stereocenters. The number of hydrogen-bond donors (Lipinski definition) is 1. The molecule has 0 aromatic carbocycles. The van der Waals surface area contributed by atoms with Gasteiger partial charge in [0.15, 0.2) is 0 Å². The first-order chi connectivity index (χ1) is 8.54. The molecule has 18 heavy (non-hydrogen) atoms. The van der Waals surface area contributed by atoms with Crippen LogP contribution in [0.3, 0.4) is 0 Å². The van der Waals surface area contributed by atoms with Crippen LogP contribution in [0.5, 0.6) is 0 Å². The summed E-state index contributed by atoms with van der Waals surface area (Å²) in [5.74, 6) is 0.521. The Balaban J connectivity index is 2.19. The minimum Gasteiger partial charge on any atom is -0.385 e. The minimum atomic E-state index is -0.969. The molecule has 0 saturated heterocycles. The van der Waals surface area contributed by atoms with Crippen LogP contribution in [0.25, 0.3) is 0 Å². The second-order valence-corrected chi connectivity index (χ2v) is 5.68. The lowest BCUT2D eigenvalue weighted by molar-refractivity contribution is -0.0316. The normalized spacial score (nSPS) is 27.8. The van der Waals surface area contributed by atoms with Gasteiger partial charge >= 0.3 is 0 Å². The lowest BCUT2D eigenvalue weighted by Gasteiger charge is -2.38. The van der Waals surface area contributed by atoms with Crippen molar-refractivity contribution in [2.75, 3.05) is 0 Å². The second-order valence-electron chi connectivity index (χ2n) is 5.68. The Bertz CT molecular complexity index is 405. The molecule has 100 valence electrons. The first-order valence-corrected chi connectivity index (χ1v) is 6.87. The largest absolute Gasteiger partial charge is 0.385 e. The molecule has 1 fully saturated rings. The smallest absolute Gasteiger partial charge is 0.141 e. The predicted molar refractivity (Wildman–Crippen MR) is 69.5 cm³/mol. The Kier molecular flexibility index (Phi) is 4.00. The van der Waals surface area contributed by atoms with Crippen molar-refractivity contribution in [1.29, 1.82) is 0 Å². The molecule has 2 rings (SSSR count). The fraction of sp³-hybridized carbons (Fsp3) is 0.667. The summed E-state index contributed by atoms with van der Waals surface area (Å²) >= 11 is 0. The van der Waals surface area contributed by atoms with Gasteiger partial charge in [0.1, 0.15) is 5.82 Å². The molecular weight excluding hydrogens is 229 g/mol. The van der Waals surface area contributed by atoms with Crippen molar-refractivity contribution in [3.63, 3.8) is 0 Å². The van der Waals surface area contributed by atoms with Crippen molar-refractivity contribution in [3.8, 4) is 0 Å². The molecule has 3 unspecified atom stereocenters. The van der Waals surface area contributed by atoms with E-state index in [1.807, 2.05) is 0 Å². The molecule has 1 aliphatic rings. The Morgan fingerprint density at radius 3 is 2.89 bits per heavy atom. The van der Waals surface area contributed by atoms with Gasteiger partial charge in [-0.05, 0) is 37.7 Å². The van der Waals surface area contributed by atoms with Crippen molar-refractivity contribution in [1.82, 2.24) is 4.98 Å². The van der Waals surface area contributed by atoms with E-state index in [9.17, 15) is 9.50 Å². The van der Waals surface area contributed by atoms with Gasteiger partial charge in [-0.2, -0.15) is 0 Å². The fourth-order valence-electron chi connectivity index (χ4n) is 3.10. The van der Waals surface area contributed by atoms with E-state index in [0.29, 0.717) is 11.5 Å². The zero-order chi connectivity index (χ0) is 13.2. The van der Waals surface area contributed by atoms with E-state index in [1.54, 1.807) is 13.1 Å². The van der Waals surface area contributed by atoms with Crippen LogP contribution < -0.4 is 0 Å². The predicted octanol–water partition coefficient (Wildman–Crippen LogP) is 3.64. The third kappa shape index (κ3) is 2.72. The SMILES string of the molecule is CCC1CCCC(C(C)(O)c2cncc(F)c2)C1. The maximum atomic E-state index is 13.2. The summed E-state index contributed by atoms with van der Waals surface area (Å²) in [6.07, 6.45) is 8.37. The number of pyridine rings is 1. The van der Waals surface area contributed by atoms with Crippen molar-refractivity contribution in [2.45, 2.75) is 51.6 Å². The molecule has 0 radical (unpaired) electrons. The maximum absolute atomic E-state index is 13.2. The molecule has 0 amide bonds. The number of halogens is 1. The van der Waals surface area contributed by atoms with Gasteiger partial charge in [-0.15, -0.1) is 0 Å². The summed E-state index contributed by atoms with van der Waals surface area (Å²) in [6, 6.07) is 1.41. The zero-order valence-corrected chi connectivity index (χ0v) is 11.2. The van der Waals surface area contributed by atoms with Gasteiger partial charge in [-0.3, -0.25) is 4.98 Å². The summed E-state index contributed by atoms with van der Waals surface area (Å²) in [6.45, 7) is 4.00. The van der Waals surface area contributed by atoms with Crippen LogP contribution in [-0.4, -0.2) is 10.1 Å². The molecule has 1 heterocycles. The number of aromatic nitrogens is 1. The van der Waals surface area contributed by atoms with Crippen molar-refractivity contribution < 1.29 is 9.50 Å². The van der Waals surface area contributed by atoms with Crippen LogP contribution in [0.2, 0.25) is 0 Å². The summed E-state index contributed by atoms with van der Waals surface area (Å²) in [5.41, 5.74) is -0.368. The molecular formula is C15H22FNO. The fourth-order valence-corrected chi connectivity index (χ4v) is 3.10. The van der Waals surface area contributed by atoms with E-state index in [4.69, 9.17) is 0 Å². The van der Waals surface area contributed by atoms with Gasteiger partial charge in [0.2, 0.25) is 0 Å². The van der Waals surface area contributed by atoms with Crippen LogP contribution >= 0.6 is 0 Å². The van der Waals surface area contributed by atoms with Gasteiger partial charge < -0.3 is 5.11 Å². The molecule has 1 aliphatic carbocycles. The van der Waals surface area contributed by atoms with Gasteiger partial charge in [0.05, 0.1) is 11.8 Å². The van der Waals surface area contributed by atoms with E-state index in [-0.39, 0.29) is 11.7 Å². The lowest BCUT2D eigenvalue weighted by Crippen LogP contribution is -2.35. The van der Waals surface area contributed by atoms with Gasteiger partial charge in [0, 0.05) is 11.8 Å². The number of rotatable bonds is 3. The van der Waals surface area contributed by atoms with Gasteiger partial charge in [0.25, 0.3) is 0 Å². The van der Waals surface area contributed by atoms with E-state index < -0.39 is 5.60 Å². The van der Waals surface area contributed by atoms with E-state index >= 15 is 0 Å². The monoisotopic (exact) mass is 251 g/mol. The average Bonchev–Trinajstić information content (AvgIpc) is 2.39. The standard InChI is InChI=1S/C15H22FNO/c1-3-11-5-4-6-12(7-11)15(2,18)13-8-14(16)10-17-9-13/h8-12,18H,3-7H2,1-2H3. The zero-order valence-electron chi connectivity index (χ0n) is 11.2. The lowest BCUT2D eigenvalue weighted by atomic mass is 9.70. The molecule has 1 N–H and O–H groups in total. The van der Waals surface area contributed by atoms with Crippen molar-refractivity contribution >= 4 is 0 Å². The molecule has 3 heteroatoms. The Morgan fingerprint density at radius 1 is 1.44 bits per heavy atom. The van der Waals surface area contributed by atoms with Crippen molar-refractivity contribution in [2.24, 2.45) is 11.8 Å². The van der Waals surface area contributed by atoms with Gasteiger partial charge in [-0.25, -0.2) is 4.39 Å². The Hall–Kier alpha value is -0.960. The third-order valence-corrected chi connectivity index (χ3v) is 4.44. The van der Waals surface area contributed by atoms with Crippen LogP contribution in [0.15, 0.2) is 18.5 Å². The molecule has 1 saturated carbocycles. The quantitative estimate of drug-likeness (QED) is 0.889. The minimum absolute atomic E-state index is 0.208. The summed E-state index contributed by atoms with van der Waals surface area (Å²) in [7, 11) is 0. The van der Waals surface area contributed by atoms with E-state index in [0.717, 1.165) is 25.7 Å². The molecule has 2 nitrogen and oxygen atoms in total. The first kappa shape index (κ1) is 13.5. The van der Waals surface area contributed by atoms with Crippen LogP contribution in [0.4, 0.5) is 4.39 Å². The maximum Gasteiger partial charge on any atom is 0.141 e. The van der Waals surface area contributed by atoms with E-state index in [2.05, 4.69) is 11.9 Å². The van der Waals surface area contributed by atoms with Crippen LogP contribution in [0.1, 0.15) is 51.5 Å².